The zero-order valence-electron chi connectivity index (χ0n) is 11.7. The van der Waals surface area contributed by atoms with Gasteiger partial charge in [-0.15, -0.1) is 0 Å². The van der Waals surface area contributed by atoms with Gasteiger partial charge in [0.25, 0.3) is 0 Å². The lowest BCUT2D eigenvalue weighted by Gasteiger charge is -2.34. The summed E-state index contributed by atoms with van der Waals surface area (Å²) in [7, 11) is 3.51. The molecule has 0 radical (unpaired) electrons. The molecule has 1 saturated heterocycles. The van der Waals surface area contributed by atoms with E-state index >= 15 is 0 Å². The maximum atomic E-state index is 13.4. The molecule has 0 spiro atoms. The number of rotatable bonds is 2. The molecule has 0 unspecified atom stereocenters. The second-order valence-corrected chi connectivity index (χ2v) is 5.62. The molecule has 0 aromatic heterocycles. The standard InChI is InChI=1S/C14H19ClFN3O/c1-18(2)14(20)19-7-5-10(6-8-19)17-11-3-4-12(15)13(16)9-11/h3-4,9-10,17H,5-8H2,1-2H3. The minimum Gasteiger partial charge on any atom is -0.382 e. The summed E-state index contributed by atoms with van der Waals surface area (Å²) in [5.74, 6) is -0.420. The Balaban J connectivity index is 1.88. The Bertz CT molecular complexity index is 487. The first-order chi connectivity index (χ1) is 9.47. The van der Waals surface area contributed by atoms with Gasteiger partial charge in [-0.25, -0.2) is 9.18 Å². The Morgan fingerprint density at radius 3 is 2.60 bits per heavy atom. The number of piperidine rings is 1. The predicted molar refractivity (Wildman–Crippen MR) is 78.7 cm³/mol. The molecule has 0 atom stereocenters. The third-order valence-corrected chi connectivity index (χ3v) is 3.74. The lowest BCUT2D eigenvalue weighted by atomic mass is 10.0. The van der Waals surface area contributed by atoms with E-state index in [9.17, 15) is 9.18 Å². The van der Waals surface area contributed by atoms with Crippen LogP contribution in [0, 0.1) is 5.82 Å². The van der Waals surface area contributed by atoms with Crippen molar-refractivity contribution in [3.05, 3.63) is 29.0 Å². The molecule has 1 fully saturated rings. The van der Waals surface area contributed by atoms with Crippen molar-refractivity contribution >= 4 is 23.3 Å². The minimum atomic E-state index is -0.420. The summed E-state index contributed by atoms with van der Waals surface area (Å²) in [5.41, 5.74) is 0.726. The number of amides is 2. The van der Waals surface area contributed by atoms with E-state index in [-0.39, 0.29) is 17.1 Å². The van der Waals surface area contributed by atoms with E-state index in [0.717, 1.165) is 18.5 Å². The van der Waals surface area contributed by atoms with E-state index in [1.807, 2.05) is 4.90 Å². The second kappa shape index (κ2) is 6.31. The highest BCUT2D eigenvalue weighted by molar-refractivity contribution is 6.30. The molecule has 0 bridgehead atoms. The van der Waals surface area contributed by atoms with Crippen LogP contribution in [0.3, 0.4) is 0 Å². The van der Waals surface area contributed by atoms with E-state index in [1.54, 1.807) is 31.1 Å². The van der Waals surface area contributed by atoms with Crippen LogP contribution in [0.15, 0.2) is 18.2 Å². The maximum Gasteiger partial charge on any atom is 0.319 e. The number of urea groups is 1. The van der Waals surface area contributed by atoms with Gasteiger partial charge in [0.1, 0.15) is 5.82 Å². The summed E-state index contributed by atoms with van der Waals surface area (Å²) in [6.45, 7) is 1.43. The van der Waals surface area contributed by atoms with Crippen LogP contribution in [-0.4, -0.2) is 49.1 Å². The third kappa shape index (κ3) is 3.54. The fourth-order valence-corrected chi connectivity index (χ4v) is 2.44. The summed E-state index contributed by atoms with van der Waals surface area (Å²) >= 11 is 5.66. The molecule has 2 rings (SSSR count). The highest BCUT2D eigenvalue weighted by Crippen LogP contribution is 2.21. The van der Waals surface area contributed by atoms with Gasteiger partial charge in [0.05, 0.1) is 5.02 Å². The number of likely N-dealkylation sites (tertiary alicyclic amines) is 1. The Labute approximate surface area is 123 Å². The smallest absolute Gasteiger partial charge is 0.319 e. The quantitative estimate of drug-likeness (QED) is 0.911. The molecule has 1 aliphatic rings. The molecule has 2 amide bonds. The number of hydrogen-bond donors (Lipinski definition) is 1. The van der Waals surface area contributed by atoms with Crippen LogP contribution >= 0.6 is 11.6 Å². The topological polar surface area (TPSA) is 35.6 Å². The van der Waals surface area contributed by atoms with Crippen molar-refractivity contribution in [2.24, 2.45) is 0 Å². The largest absolute Gasteiger partial charge is 0.382 e. The molecule has 6 heteroatoms. The van der Waals surface area contributed by atoms with Gasteiger partial charge in [0.2, 0.25) is 0 Å². The normalized spacial score (nSPS) is 16.1. The van der Waals surface area contributed by atoms with Crippen LogP contribution in [0.4, 0.5) is 14.9 Å². The molecule has 1 N–H and O–H groups in total. The summed E-state index contributed by atoms with van der Waals surface area (Å²) < 4.78 is 13.4. The van der Waals surface area contributed by atoms with Crippen LogP contribution in [-0.2, 0) is 0 Å². The lowest BCUT2D eigenvalue weighted by Crippen LogP contribution is -2.46. The van der Waals surface area contributed by atoms with E-state index in [0.29, 0.717) is 13.1 Å². The molecule has 0 saturated carbocycles. The first-order valence-corrected chi connectivity index (χ1v) is 7.03. The molecule has 1 aromatic rings. The average molecular weight is 300 g/mol. The number of nitrogens with zero attached hydrogens (tertiary/aromatic N) is 2. The Kier molecular flexibility index (Phi) is 4.70. The second-order valence-electron chi connectivity index (χ2n) is 5.21. The predicted octanol–water partition coefficient (Wildman–Crippen LogP) is 3.04. The fourth-order valence-electron chi connectivity index (χ4n) is 2.32. The number of anilines is 1. The Hall–Kier alpha value is -1.49. The Morgan fingerprint density at radius 1 is 1.40 bits per heavy atom. The van der Waals surface area contributed by atoms with E-state index in [1.165, 1.54) is 6.07 Å². The maximum absolute atomic E-state index is 13.4. The van der Waals surface area contributed by atoms with Gasteiger partial charge in [0.15, 0.2) is 0 Å². The van der Waals surface area contributed by atoms with Gasteiger partial charge in [-0.2, -0.15) is 0 Å². The summed E-state index contributed by atoms with van der Waals surface area (Å²) in [6, 6.07) is 5.01. The van der Waals surface area contributed by atoms with E-state index in [2.05, 4.69) is 5.32 Å². The molecular formula is C14H19ClFN3O. The number of carbonyl (C=O) groups is 1. The fraction of sp³-hybridized carbons (Fsp3) is 0.500. The highest BCUT2D eigenvalue weighted by atomic mass is 35.5. The average Bonchev–Trinajstić information content (AvgIpc) is 2.43. The lowest BCUT2D eigenvalue weighted by molar-refractivity contribution is 0.158. The van der Waals surface area contributed by atoms with Gasteiger partial charge in [-0.1, -0.05) is 11.6 Å². The van der Waals surface area contributed by atoms with Gasteiger partial charge in [-0.05, 0) is 31.0 Å². The monoisotopic (exact) mass is 299 g/mol. The van der Waals surface area contributed by atoms with Gasteiger partial charge in [-0.3, -0.25) is 0 Å². The van der Waals surface area contributed by atoms with Crippen molar-refractivity contribution in [1.29, 1.82) is 0 Å². The van der Waals surface area contributed by atoms with Crippen molar-refractivity contribution in [3.8, 4) is 0 Å². The van der Waals surface area contributed by atoms with Crippen molar-refractivity contribution in [1.82, 2.24) is 9.80 Å². The molecular weight excluding hydrogens is 281 g/mol. The van der Waals surface area contributed by atoms with Crippen LogP contribution in [0.2, 0.25) is 5.02 Å². The summed E-state index contributed by atoms with van der Waals surface area (Å²) in [4.78, 5) is 15.2. The molecule has 0 aliphatic carbocycles. The van der Waals surface area contributed by atoms with Crippen molar-refractivity contribution in [2.45, 2.75) is 18.9 Å². The number of halogens is 2. The number of benzene rings is 1. The van der Waals surface area contributed by atoms with Crippen LogP contribution in [0.1, 0.15) is 12.8 Å². The zero-order chi connectivity index (χ0) is 14.7. The highest BCUT2D eigenvalue weighted by Gasteiger charge is 2.23. The van der Waals surface area contributed by atoms with Gasteiger partial charge in [0, 0.05) is 38.9 Å². The number of nitrogens with one attached hydrogen (secondary N) is 1. The molecule has 110 valence electrons. The zero-order valence-corrected chi connectivity index (χ0v) is 12.5. The summed E-state index contributed by atoms with van der Waals surface area (Å²) in [5, 5.41) is 3.41. The number of carbonyl (C=O) groups excluding carboxylic acids is 1. The first kappa shape index (κ1) is 14.9. The van der Waals surface area contributed by atoms with Crippen LogP contribution in [0.5, 0.6) is 0 Å². The number of hydrogen-bond acceptors (Lipinski definition) is 2. The molecule has 20 heavy (non-hydrogen) atoms. The first-order valence-electron chi connectivity index (χ1n) is 6.65. The van der Waals surface area contributed by atoms with Crippen molar-refractivity contribution < 1.29 is 9.18 Å². The third-order valence-electron chi connectivity index (χ3n) is 3.44. The molecule has 1 heterocycles. The van der Waals surface area contributed by atoms with Gasteiger partial charge >= 0.3 is 6.03 Å². The Morgan fingerprint density at radius 2 is 2.05 bits per heavy atom. The van der Waals surface area contributed by atoms with Crippen molar-refractivity contribution in [3.63, 3.8) is 0 Å². The SMILES string of the molecule is CN(C)C(=O)N1CCC(Nc2ccc(Cl)c(F)c2)CC1. The minimum absolute atomic E-state index is 0.0426. The van der Waals surface area contributed by atoms with Gasteiger partial charge < -0.3 is 15.1 Å². The van der Waals surface area contributed by atoms with E-state index in [4.69, 9.17) is 11.6 Å². The molecule has 4 nitrogen and oxygen atoms in total. The van der Waals surface area contributed by atoms with Crippen LogP contribution < -0.4 is 5.32 Å². The van der Waals surface area contributed by atoms with Crippen molar-refractivity contribution in [2.75, 3.05) is 32.5 Å². The molecule has 1 aliphatic heterocycles. The summed E-state index contributed by atoms with van der Waals surface area (Å²) in [6.07, 6.45) is 1.70. The molecule has 1 aromatic carbocycles. The van der Waals surface area contributed by atoms with Crippen LogP contribution in [0.25, 0.3) is 0 Å². The van der Waals surface area contributed by atoms with E-state index < -0.39 is 5.82 Å².